The number of carbonyl (C=O) groups is 1. The Bertz CT molecular complexity index is 1590. The van der Waals surface area contributed by atoms with Crippen molar-refractivity contribution in [1.29, 1.82) is 0 Å². The van der Waals surface area contributed by atoms with Gasteiger partial charge in [0.1, 0.15) is 11.9 Å². The Kier molecular flexibility index (Phi) is 5.96. The first kappa shape index (κ1) is 23.5. The van der Waals surface area contributed by atoms with Gasteiger partial charge in [0, 0.05) is 44.5 Å². The smallest absolute Gasteiger partial charge is 0.150 e. The molecule has 1 aliphatic heterocycles. The maximum Gasteiger partial charge on any atom is 0.150 e. The third-order valence-electron chi connectivity index (χ3n) is 6.83. The lowest BCUT2D eigenvalue weighted by Crippen LogP contribution is -2.17. The van der Waals surface area contributed by atoms with Crippen LogP contribution in [-0.4, -0.2) is 35.9 Å². The van der Waals surface area contributed by atoms with E-state index in [9.17, 15) is 4.79 Å². The number of benzene rings is 3. The number of fused-ring (bicyclic) bond motifs is 2. The number of H-pyrrole nitrogens is 1. The number of rotatable bonds is 6. The summed E-state index contributed by atoms with van der Waals surface area (Å²) in [6, 6.07) is 15.9. The van der Waals surface area contributed by atoms with Crippen molar-refractivity contribution in [2.24, 2.45) is 10.1 Å². The molecule has 2 atom stereocenters. The number of ether oxygens (including phenoxy) is 1. The summed E-state index contributed by atoms with van der Waals surface area (Å²) in [6.07, 6.45) is 0.819. The molecule has 0 bridgehead atoms. The quantitative estimate of drug-likeness (QED) is 0.247. The van der Waals surface area contributed by atoms with Crippen LogP contribution in [0, 0.1) is 6.92 Å². The van der Waals surface area contributed by atoms with Gasteiger partial charge in [0.2, 0.25) is 0 Å². The Morgan fingerprint density at radius 3 is 2.53 bits per heavy atom. The number of aromatic nitrogens is 1. The molecule has 36 heavy (non-hydrogen) atoms. The lowest BCUT2D eigenvalue weighted by molar-refractivity contribution is 0.0900. The van der Waals surface area contributed by atoms with Gasteiger partial charge in [0.25, 0.3) is 0 Å². The second kappa shape index (κ2) is 9.11. The van der Waals surface area contributed by atoms with Gasteiger partial charge >= 0.3 is 0 Å². The number of aromatic amines is 1. The number of allylic oxidation sites excluding steroid dienone is 1. The Labute approximate surface area is 210 Å². The fourth-order valence-corrected chi connectivity index (χ4v) is 5.27. The molecule has 0 saturated heterocycles. The van der Waals surface area contributed by atoms with Crippen LogP contribution in [0.2, 0.25) is 0 Å². The summed E-state index contributed by atoms with van der Waals surface area (Å²) in [5.41, 5.74) is 7.96. The second-order valence-corrected chi connectivity index (χ2v) is 9.35. The average molecular weight is 480 g/mol. The van der Waals surface area contributed by atoms with Crippen LogP contribution in [0.5, 0.6) is 5.75 Å². The molecular weight excluding hydrogens is 450 g/mol. The molecule has 6 nitrogen and oxygen atoms in total. The number of nitrogens with zero attached hydrogens (tertiary/aromatic N) is 2. The Balaban J connectivity index is 1.78. The zero-order valence-electron chi connectivity index (χ0n) is 21.2. The fraction of sp³-hybridized carbons (Fsp3) is 0.233. The molecule has 1 N–H and O–H groups in total. The minimum Gasteiger partial charge on any atom is -0.496 e. The normalized spacial score (nSPS) is 17.8. The first-order chi connectivity index (χ1) is 17.3. The van der Waals surface area contributed by atoms with Gasteiger partial charge in [-0.05, 0) is 50.6 Å². The van der Waals surface area contributed by atoms with Crippen LogP contribution in [0.4, 0.5) is 0 Å². The van der Waals surface area contributed by atoms with Gasteiger partial charge < -0.3 is 14.6 Å². The molecule has 0 fully saturated rings. The van der Waals surface area contributed by atoms with Gasteiger partial charge in [-0.15, -0.1) is 0 Å². The van der Waals surface area contributed by atoms with E-state index in [2.05, 4.69) is 28.9 Å². The van der Waals surface area contributed by atoms with Crippen LogP contribution in [0.15, 0.2) is 71.0 Å². The Morgan fingerprint density at radius 1 is 1.14 bits per heavy atom. The number of nitrogens with one attached hydrogen (secondary N) is 1. The molecule has 4 aromatic rings. The fourth-order valence-electron chi connectivity index (χ4n) is 5.27. The van der Waals surface area contributed by atoms with E-state index in [1.807, 2.05) is 64.1 Å². The van der Waals surface area contributed by atoms with Crippen LogP contribution < -0.4 is 4.74 Å². The summed E-state index contributed by atoms with van der Waals surface area (Å²) in [6.45, 7) is 12.0. The third kappa shape index (κ3) is 3.79. The number of aryl methyl sites for hydroxylation is 1. The molecule has 6 heteroatoms. The highest BCUT2D eigenvalue weighted by Crippen LogP contribution is 2.39. The van der Waals surface area contributed by atoms with E-state index >= 15 is 0 Å². The third-order valence-corrected chi connectivity index (χ3v) is 6.83. The molecule has 3 aromatic carbocycles. The number of carbonyl (C=O) groups excluding carboxylic acids is 1. The number of hydrogen-bond acceptors (Lipinski definition) is 5. The molecule has 0 saturated carbocycles. The monoisotopic (exact) mass is 479 g/mol. The maximum absolute atomic E-state index is 11.7. The average Bonchev–Trinajstić information content (AvgIpc) is 3.37. The lowest BCUT2D eigenvalue weighted by atomic mass is 9.88. The highest BCUT2D eigenvalue weighted by atomic mass is 16.6. The first-order valence-corrected chi connectivity index (χ1v) is 12.0. The minimum absolute atomic E-state index is 0.0137. The lowest BCUT2D eigenvalue weighted by Gasteiger charge is -2.18. The Hall–Kier alpha value is -4.19. The highest BCUT2D eigenvalue weighted by molar-refractivity contribution is 6.26. The number of oxime groups is 1. The number of aldehydes is 1. The van der Waals surface area contributed by atoms with Crippen molar-refractivity contribution in [2.45, 2.75) is 39.7 Å². The van der Waals surface area contributed by atoms with Crippen molar-refractivity contribution in [3.05, 3.63) is 88.8 Å². The van der Waals surface area contributed by atoms with E-state index in [-0.39, 0.29) is 12.0 Å². The van der Waals surface area contributed by atoms with Crippen molar-refractivity contribution in [1.82, 2.24) is 4.98 Å². The predicted octanol–water partition coefficient (Wildman–Crippen LogP) is 6.70. The van der Waals surface area contributed by atoms with E-state index in [0.717, 1.165) is 67.5 Å². The topological polar surface area (TPSA) is 76.0 Å². The van der Waals surface area contributed by atoms with Crippen LogP contribution >= 0.6 is 0 Å². The van der Waals surface area contributed by atoms with Gasteiger partial charge in [0.05, 0.1) is 24.5 Å². The molecule has 0 radical (unpaired) electrons. The van der Waals surface area contributed by atoms with E-state index in [0.29, 0.717) is 11.3 Å². The number of methoxy groups -OCH3 is 1. The van der Waals surface area contributed by atoms with Crippen LogP contribution in [0.3, 0.4) is 0 Å². The van der Waals surface area contributed by atoms with Gasteiger partial charge in [-0.1, -0.05) is 48.1 Å². The SMILES string of the molecule is C=C(C)N=C(c1c(C)[nH]c2cc(C3C(C)=NOC3C)c(OC)cc12)c1ccc(C=O)c2ccccc12. The van der Waals surface area contributed by atoms with Crippen molar-refractivity contribution >= 4 is 39.4 Å². The molecular formula is C30H29N3O3. The van der Waals surface area contributed by atoms with E-state index in [4.69, 9.17) is 14.6 Å². The summed E-state index contributed by atoms with van der Waals surface area (Å²) >= 11 is 0. The molecule has 2 unspecified atom stereocenters. The molecule has 1 aliphatic rings. The summed E-state index contributed by atoms with van der Waals surface area (Å²) < 4.78 is 5.87. The van der Waals surface area contributed by atoms with Crippen molar-refractivity contribution in [3.8, 4) is 5.75 Å². The van der Waals surface area contributed by atoms with Crippen molar-refractivity contribution < 1.29 is 14.4 Å². The van der Waals surface area contributed by atoms with Crippen molar-refractivity contribution in [3.63, 3.8) is 0 Å². The van der Waals surface area contributed by atoms with Gasteiger partial charge in [-0.25, -0.2) is 0 Å². The number of aliphatic imine (C=N–C) groups is 1. The van der Waals surface area contributed by atoms with Crippen molar-refractivity contribution in [2.75, 3.05) is 7.11 Å². The van der Waals surface area contributed by atoms with Gasteiger partial charge in [-0.2, -0.15) is 0 Å². The summed E-state index contributed by atoms with van der Waals surface area (Å²) in [7, 11) is 1.69. The number of hydrogen-bond donors (Lipinski definition) is 1. The van der Waals surface area contributed by atoms with Gasteiger partial charge in [-0.3, -0.25) is 9.79 Å². The second-order valence-electron chi connectivity index (χ2n) is 9.35. The van der Waals surface area contributed by atoms with E-state index in [1.165, 1.54) is 0 Å². The summed E-state index contributed by atoms with van der Waals surface area (Å²) in [5.74, 6) is 0.787. The largest absolute Gasteiger partial charge is 0.496 e. The minimum atomic E-state index is -0.0740. The maximum atomic E-state index is 11.7. The molecule has 0 spiro atoms. The first-order valence-electron chi connectivity index (χ1n) is 12.0. The zero-order chi connectivity index (χ0) is 25.6. The van der Waals surface area contributed by atoms with Crippen LogP contribution in [0.25, 0.3) is 21.7 Å². The summed E-state index contributed by atoms with van der Waals surface area (Å²) in [5, 5.41) is 7.04. The molecule has 0 aliphatic carbocycles. The molecule has 0 amide bonds. The Morgan fingerprint density at radius 2 is 1.89 bits per heavy atom. The zero-order valence-corrected chi connectivity index (χ0v) is 21.2. The molecule has 1 aromatic heterocycles. The molecule has 182 valence electrons. The predicted molar refractivity (Wildman–Crippen MR) is 146 cm³/mol. The molecule has 5 rings (SSSR count). The van der Waals surface area contributed by atoms with Gasteiger partial charge in [0.15, 0.2) is 6.29 Å². The highest BCUT2D eigenvalue weighted by Gasteiger charge is 2.33. The van der Waals surface area contributed by atoms with Crippen LogP contribution in [0.1, 0.15) is 59.4 Å². The van der Waals surface area contributed by atoms with Crippen LogP contribution in [-0.2, 0) is 4.84 Å². The molecule has 2 heterocycles. The summed E-state index contributed by atoms with van der Waals surface area (Å²) in [4.78, 5) is 25.7. The van der Waals surface area contributed by atoms with E-state index < -0.39 is 0 Å². The van der Waals surface area contributed by atoms with E-state index in [1.54, 1.807) is 7.11 Å². The standard InChI is InChI=1S/C30H29N3O3/c1-16(2)31-30(23-12-11-20(15-34)21-9-7-8-10-22(21)23)29-17(3)32-26-13-25(27(35-6)14-24(26)29)28-18(4)33-36-19(28)5/h7-15,19,28,32H,1H2,2-6H3.